The molecule has 0 aromatic heterocycles. The smallest absolute Gasteiger partial charge is 0.453 e. The number of phenols is 1. The Bertz CT molecular complexity index is 3460. The Balaban J connectivity index is 0.901. The predicted molar refractivity (Wildman–Crippen MR) is 319 cm³/mol. The van der Waals surface area contributed by atoms with Gasteiger partial charge >= 0.3 is 13.6 Å². The Morgan fingerprint density at radius 2 is 1.32 bits per heavy atom. The highest BCUT2D eigenvalue weighted by atomic mass is 31.2. The fourth-order valence-electron chi connectivity index (χ4n) is 9.92. The van der Waals surface area contributed by atoms with Gasteiger partial charge in [0, 0.05) is 53.6 Å². The van der Waals surface area contributed by atoms with Crippen molar-refractivity contribution >= 4 is 54.1 Å². The van der Waals surface area contributed by atoms with Crippen LogP contribution >= 0.6 is 7.60 Å². The molecule has 0 spiro atoms. The van der Waals surface area contributed by atoms with Gasteiger partial charge in [0.15, 0.2) is 11.2 Å². The number of carbonyl (C=O) groups excluding carboxylic acids is 5. The lowest BCUT2D eigenvalue weighted by atomic mass is 9.89. The molecule has 2 aliphatic carbocycles. The number of carbonyl (C=O) groups is 6. The fourth-order valence-corrected chi connectivity index (χ4v) is 12.0. The van der Waals surface area contributed by atoms with Gasteiger partial charge in [-0.05, 0) is 135 Å². The van der Waals surface area contributed by atoms with Crippen LogP contribution in [0.25, 0.3) is 33.4 Å². The maximum absolute atomic E-state index is 15.0. The molecule has 440 valence electrons. The van der Waals surface area contributed by atoms with E-state index < -0.39 is 72.9 Å². The Labute approximate surface area is 487 Å². The van der Waals surface area contributed by atoms with Crippen molar-refractivity contribution in [1.82, 2.24) is 26.6 Å². The zero-order valence-electron chi connectivity index (χ0n) is 46.9. The number of unbranched alkanes of at least 4 members (excludes halogenated alkanes) is 3. The second-order valence-electron chi connectivity index (χ2n) is 21.4. The number of para-hydroxylation sites is 2. The van der Waals surface area contributed by atoms with E-state index in [0.29, 0.717) is 61.6 Å². The first-order valence-electron chi connectivity index (χ1n) is 28.4. The molecule has 3 aliphatic rings. The molecule has 0 radical (unpaired) electrons. The SMILES string of the molecule is CC(C)[C@H](NC(=O)[C@H](CC1CC1)NC(=O)[C@H](CCCCN)NC(=O)[C@H](Cc1ccccc1)NC(=O)CCCCCNC(=O)c1ccc(C(=O)O)c(-c2c3ccc(=O)cc-3oc3cc(O)ccc23)c1)P(=O)(Oc1ccccc1)Oc1ccccc1. The molecular weight excluding hydrogens is 1090 g/mol. The number of nitrogens with one attached hydrogen (secondary N) is 5. The van der Waals surface area contributed by atoms with Gasteiger partial charge in [-0.1, -0.05) is 99.8 Å². The lowest BCUT2D eigenvalue weighted by Gasteiger charge is -2.32. The zero-order chi connectivity index (χ0) is 59.8. The molecule has 1 heterocycles. The van der Waals surface area contributed by atoms with Crippen molar-refractivity contribution in [2.45, 2.75) is 108 Å². The Morgan fingerprint density at radius 3 is 1.96 bits per heavy atom. The average Bonchev–Trinajstić information content (AvgIpc) is 1.36. The first-order chi connectivity index (χ1) is 40.5. The number of aromatic carboxylic acids is 1. The van der Waals surface area contributed by atoms with E-state index in [1.807, 2.05) is 30.3 Å². The normalized spacial score (nSPS) is 13.7. The molecular formula is C64H71N6O13P. The monoisotopic (exact) mass is 1160 g/mol. The van der Waals surface area contributed by atoms with Gasteiger partial charge in [0.1, 0.15) is 46.7 Å². The predicted octanol–water partition coefficient (Wildman–Crippen LogP) is 9.33. The van der Waals surface area contributed by atoms with Crippen molar-refractivity contribution in [3.05, 3.63) is 173 Å². The summed E-state index contributed by atoms with van der Waals surface area (Å²) in [5, 5.41) is 35.4. The molecule has 0 unspecified atom stereocenters. The minimum absolute atomic E-state index is 0.0405. The maximum atomic E-state index is 15.0. The van der Waals surface area contributed by atoms with Gasteiger partial charge in [0.25, 0.3) is 5.91 Å². The van der Waals surface area contributed by atoms with Crippen LogP contribution in [0.3, 0.4) is 0 Å². The van der Waals surface area contributed by atoms with E-state index in [9.17, 15) is 48.3 Å². The van der Waals surface area contributed by atoms with Gasteiger partial charge in [0.05, 0.1) is 5.56 Å². The van der Waals surface area contributed by atoms with E-state index in [0.717, 1.165) is 18.4 Å². The minimum Gasteiger partial charge on any atom is -0.508 e. The molecule has 8 rings (SSSR count). The molecule has 0 saturated heterocycles. The molecule has 0 bridgehead atoms. The number of phenolic OH excluding ortho intramolecular Hbond substituents is 1. The van der Waals surface area contributed by atoms with E-state index >= 15 is 0 Å². The van der Waals surface area contributed by atoms with Gasteiger partial charge in [0.2, 0.25) is 23.6 Å². The molecule has 5 aromatic carbocycles. The van der Waals surface area contributed by atoms with Crippen molar-refractivity contribution < 1.29 is 57.0 Å². The molecule has 5 amide bonds. The van der Waals surface area contributed by atoms with E-state index in [1.165, 1.54) is 48.5 Å². The number of carboxylic acid groups (broad SMARTS) is 1. The second-order valence-corrected chi connectivity index (χ2v) is 23.4. The van der Waals surface area contributed by atoms with Crippen molar-refractivity contribution in [1.29, 1.82) is 0 Å². The Kier molecular flexibility index (Phi) is 21.1. The summed E-state index contributed by atoms with van der Waals surface area (Å²) in [6.07, 6.45) is 4.73. The van der Waals surface area contributed by atoms with Crippen molar-refractivity contribution in [3.63, 3.8) is 0 Å². The molecule has 1 fully saturated rings. The van der Waals surface area contributed by atoms with Gasteiger partial charge in [-0.2, -0.15) is 0 Å². The number of hydrogen-bond donors (Lipinski definition) is 8. The van der Waals surface area contributed by atoms with Crippen molar-refractivity contribution in [3.8, 4) is 39.7 Å². The highest BCUT2D eigenvalue weighted by Gasteiger charge is 2.44. The van der Waals surface area contributed by atoms with Crippen LogP contribution in [0.4, 0.5) is 0 Å². The molecule has 4 atom stereocenters. The minimum atomic E-state index is -4.23. The zero-order valence-corrected chi connectivity index (χ0v) is 47.8. The standard InChI is InChI=1S/C64H71N6O13P/c1-40(2)63(84(80,82-46-19-9-4-10-20-46)83-47-21-11-5-12-22-47)70-62(77)54(36-42-25-26-42)69-60(75)52(23-14-15-33-65)68-61(76)53(35-41-17-7-3-8-18-41)67-57(73)24-13-6-16-34-66-59(74)43-27-30-48(64(78)79)51(37-43)58-49-31-28-44(71)38-55(49)81-56-39-45(72)29-32-50(56)58/h3-5,7-12,17-22,27-32,37-40,42,52-54,63,71H,6,13-16,23-26,33-36,65H2,1-2H3,(H,66,74)(H,67,73)(H,68,76)(H,69,75)(H,70,77)(H,78,79)/t52-,53-,54-,63+/m0/s1. The number of amides is 5. The first-order valence-corrected chi connectivity index (χ1v) is 30.0. The Hall–Kier alpha value is -8.80. The molecule has 84 heavy (non-hydrogen) atoms. The number of carboxylic acids is 1. The number of nitrogens with two attached hydrogens (primary N) is 1. The third-order valence-corrected chi connectivity index (χ3v) is 16.8. The van der Waals surface area contributed by atoms with Crippen LogP contribution in [0.15, 0.2) is 155 Å². The third-order valence-electron chi connectivity index (χ3n) is 14.5. The molecule has 1 saturated carbocycles. The quantitative estimate of drug-likeness (QED) is 0.0118. The second kappa shape index (κ2) is 28.9. The number of benzene rings is 6. The van der Waals surface area contributed by atoms with Crippen LogP contribution in [0.2, 0.25) is 0 Å². The number of fused-ring (bicyclic) bond motifs is 2. The van der Waals surface area contributed by atoms with Gasteiger partial charge in [-0.25, -0.2) is 9.36 Å². The molecule has 20 heteroatoms. The lowest BCUT2D eigenvalue weighted by molar-refractivity contribution is -0.134. The lowest BCUT2D eigenvalue weighted by Crippen LogP contribution is -2.58. The molecule has 1 aliphatic heterocycles. The molecule has 9 N–H and O–H groups in total. The van der Waals surface area contributed by atoms with Crippen LogP contribution in [0.1, 0.15) is 104 Å². The van der Waals surface area contributed by atoms with E-state index in [-0.39, 0.29) is 82.4 Å². The largest absolute Gasteiger partial charge is 0.508 e. The van der Waals surface area contributed by atoms with Crippen LogP contribution in [0.5, 0.6) is 17.2 Å². The van der Waals surface area contributed by atoms with Crippen LogP contribution in [-0.4, -0.2) is 82.7 Å². The van der Waals surface area contributed by atoms with Crippen LogP contribution < -0.4 is 46.8 Å². The fraction of sp³-hybridized carbons (Fsp3) is 0.328. The summed E-state index contributed by atoms with van der Waals surface area (Å²) >= 11 is 0. The summed E-state index contributed by atoms with van der Waals surface area (Å²) < 4.78 is 33.2. The molecule has 5 aromatic rings. The van der Waals surface area contributed by atoms with Crippen molar-refractivity contribution in [2.75, 3.05) is 13.1 Å². The number of rotatable bonds is 30. The molecule has 19 nitrogen and oxygen atoms in total. The average molecular weight is 1160 g/mol. The van der Waals surface area contributed by atoms with E-state index in [1.54, 1.807) is 80.6 Å². The van der Waals surface area contributed by atoms with Crippen LogP contribution in [0, 0.1) is 11.8 Å². The first kappa shape index (κ1) is 61.3. The summed E-state index contributed by atoms with van der Waals surface area (Å²) in [5.41, 5.74) is 7.58. The summed E-state index contributed by atoms with van der Waals surface area (Å²) in [6.45, 7) is 4.13. The maximum Gasteiger partial charge on any atom is 0.453 e. The van der Waals surface area contributed by atoms with Gasteiger partial charge < -0.3 is 56.0 Å². The highest BCUT2D eigenvalue weighted by molar-refractivity contribution is 7.55. The van der Waals surface area contributed by atoms with Gasteiger partial charge in [-0.15, -0.1) is 0 Å². The number of hydrogen-bond acceptors (Lipinski definition) is 13. The van der Waals surface area contributed by atoms with Crippen molar-refractivity contribution in [2.24, 2.45) is 17.6 Å². The Morgan fingerprint density at radius 1 is 0.679 bits per heavy atom. The summed E-state index contributed by atoms with van der Waals surface area (Å²) in [7, 11) is -4.23. The summed E-state index contributed by atoms with van der Waals surface area (Å²) in [6, 6.07) is 35.5. The summed E-state index contributed by atoms with van der Waals surface area (Å²) in [5.74, 6) is -4.81. The van der Waals surface area contributed by atoms with E-state index in [4.69, 9.17) is 19.2 Å². The highest BCUT2D eigenvalue weighted by Crippen LogP contribution is 2.54. The third kappa shape index (κ3) is 16.7. The van der Waals surface area contributed by atoms with Crippen LogP contribution in [-0.2, 0) is 30.2 Å². The van der Waals surface area contributed by atoms with Gasteiger partial charge in [-0.3, -0.25) is 28.8 Å². The summed E-state index contributed by atoms with van der Waals surface area (Å²) in [4.78, 5) is 95.5. The number of aromatic hydroxyl groups is 1. The van der Waals surface area contributed by atoms with E-state index in [2.05, 4.69) is 26.6 Å². The topological polar surface area (TPSA) is 295 Å².